The first-order valence-electron chi connectivity index (χ1n) is 14.3. The Morgan fingerprint density at radius 3 is 2.11 bits per heavy atom. The number of aliphatic hydroxyl groups excluding tert-OH is 5. The van der Waals surface area contributed by atoms with Crippen molar-refractivity contribution in [3.8, 4) is 0 Å². The number of rotatable bonds is 3. The summed E-state index contributed by atoms with van der Waals surface area (Å²) in [6.07, 6.45) is 4.43. The molecular formula is C30H48O7. The molecule has 0 bridgehead atoms. The molecule has 0 aliphatic heterocycles. The molecule has 10 atom stereocenters. The van der Waals surface area contributed by atoms with Gasteiger partial charge in [-0.25, -0.2) is 0 Å². The van der Waals surface area contributed by atoms with Crippen LogP contribution in [0.25, 0.3) is 0 Å². The number of carboxylic acids is 1. The standard InChI is InChI=1S/C30H48O7/c1-25(2)10-12-29(24(36)37)13-11-27(4)17(21(29)23(25)35)6-7-19-26(3)14-18(33)22(34)30(15-31,16-32)20(26)8-9-28(19,27)5/h6,18-23,31-35H,7-16H2,1-5H3,(H,36,37)/t18-,19+,20+,21+,22+,23+,26-,27-,28-,29+/m1/s1. The lowest BCUT2D eigenvalue weighted by atomic mass is 9.33. The minimum absolute atomic E-state index is 0.123. The molecule has 5 rings (SSSR count). The largest absolute Gasteiger partial charge is 0.481 e. The van der Waals surface area contributed by atoms with E-state index >= 15 is 0 Å². The van der Waals surface area contributed by atoms with E-state index in [1.54, 1.807) is 0 Å². The van der Waals surface area contributed by atoms with Gasteiger partial charge in [-0.05, 0) is 84.9 Å². The van der Waals surface area contributed by atoms with E-state index in [1.165, 1.54) is 0 Å². The molecule has 0 aromatic rings. The number of aliphatic hydroxyl groups is 5. The molecule has 5 aliphatic carbocycles. The van der Waals surface area contributed by atoms with Crippen molar-refractivity contribution in [1.29, 1.82) is 0 Å². The smallest absolute Gasteiger partial charge is 0.310 e. The van der Waals surface area contributed by atoms with Gasteiger partial charge in [0.1, 0.15) is 0 Å². The van der Waals surface area contributed by atoms with Crippen LogP contribution in [0.2, 0.25) is 0 Å². The maximum atomic E-state index is 12.8. The first kappa shape index (κ1) is 27.6. The molecule has 0 saturated heterocycles. The van der Waals surface area contributed by atoms with Gasteiger partial charge in [0, 0.05) is 11.3 Å². The first-order valence-corrected chi connectivity index (χ1v) is 14.3. The van der Waals surface area contributed by atoms with Crippen molar-refractivity contribution >= 4 is 5.97 Å². The van der Waals surface area contributed by atoms with Gasteiger partial charge in [-0.2, -0.15) is 0 Å². The van der Waals surface area contributed by atoms with Crippen molar-refractivity contribution in [3.05, 3.63) is 11.6 Å². The van der Waals surface area contributed by atoms with Gasteiger partial charge < -0.3 is 30.6 Å². The van der Waals surface area contributed by atoms with Crippen LogP contribution < -0.4 is 0 Å². The first-order chi connectivity index (χ1) is 17.1. The van der Waals surface area contributed by atoms with Gasteiger partial charge in [0.15, 0.2) is 0 Å². The fourth-order valence-electron chi connectivity index (χ4n) is 10.8. The fraction of sp³-hybridized carbons (Fsp3) is 0.900. The van der Waals surface area contributed by atoms with E-state index in [9.17, 15) is 35.4 Å². The Kier molecular flexibility index (Phi) is 6.16. The van der Waals surface area contributed by atoms with Gasteiger partial charge in [0.2, 0.25) is 0 Å². The predicted octanol–water partition coefficient (Wildman–Crippen LogP) is 3.12. The Morgan fingerprint density at radius 2 is 1.51 bits per heavy atom. The number of carbonyl (C=O) groups is 1. The number of fused-ring (bicyclic) bond motifs is 7. The van der Waals surface area contributed by atoms with Crippen molar-refractivity contribution in [2.45, 2.75) is 104 Å². The van der Waals surface area contributed by atoms with Gasteiger partial charge in [-0.3, -0.25) is 4.79 Å². The van der Waals surface area contributed by atoms with Crippen molar-refractivity contribution < 1.29 is 35.4 Å². The molecule has 210 valence electrons. The summed E-state index contributed by atoms with van der Waals surface area (Å²) in [6, 6.07) is 0. The highest BCUT2D eigenvalue weighted by atomic mass is 16.4. The van der Waals surface area contributed by atoms with E-state index in [0.29, 0.717) is 38.5 Å². The van der Waals surface area contributed by atoms with E-state index in [-0.39, 0.29) is 41.3 Å². The van der Waals surface area contributed by atoms with E-state index in [2.05, 4.69) is 26.8 Å². The third-order valence-electron chi connectivity index (χ3n) is 13.4. The Morgan fingerprint density at radius 1 is 0.892 bits per heavy atom. The molecule has 6 N–H and O–H groups in total. The van der Waals surface area contributed by atoms with E-state index in [0.717, 1.165) is 18.4 Å². The Balaban J connectivity index is 1.64. The maximum absolute atomic E-state index is 12.8. The zero-order valence-corrected chi connectivity index (χ0v) is 23.2. The summed E-state index contributed by atoms with van der Waals surface area (Å²) in [7, 11) is 0. The molecule has 37 heavy (non-hydrogen) atoms. The Bertz CT molecular complexity index is 986. The van der Waals surface area contributed by atoms with Gasteiger partial charge in [-0.15, -0.1) is 0 Å². The minimum atomic E-state index is -1.18. The number of hydrogen-bond acceptors (Lipinski definition) is 6. The molecule has 4 saturated carbocycles. The van der Waals surface area contributed by atoms with Crippen LogP contribution in [0.15, 0.2) is 11.6 Å². The maximum Gasteiger partial charge on any atom is 0.310 e. The molecule has 0 spiro atoms. The summed E-state index contributed by atoms with van der Waals surface area (Å²) < 4.78 is 0. The molecule has 7 nitrogen and oxygen atoms in total. The highest BCUT2D eigenvalue weighted by Crippen LogP contribution is 2.75. The Labute approximate surface area is 221 Å². The average Bonchev–Trinajstić information content (AvgIpc) is 2.83. The van der Waals surface area contributed by atoms with Crippen LogP contribution in [0, 0.1) is 50.2 Å². The van der Waals surface area contributed by atoms with Crippen molar-refractivity contribution in [2.24, 2.45) is 50.2 Å². The third kappa shape index (κ3) is 3.15. The zero-order chi connectivity index (χ0) is 27.4. The van der Waals surface area contributed by atoms with Gasteiger partial charge in [0.25, 0.3) is 0 Å². The quantitative estimate of drug-likeness (QED) is 0.314. The number of aliphatic carboxylic acids is 1. The monoisotopic (exact) mass is 520 g/mol. The van der Waals surface area contributed by atoms with Crippen LogP contribution in [0.3, 0.4) is 0 Å². The fourth-order valence-corrected chi connectivity index (χ4v) is 10.8. The molecule has 0 radical (unpaired) electrons. The normalized spacial score (nSPS) is 52.1. The van der Waals surface area contributed by atoms with Crippen molar-refractivity contribution in [1.82, 2.24) is 0 Å². The third-order valence-corrected chi connectivity index (χ3v) is 13.4. The predicted molar refractivity (Wildman–Crippen MR) is 138 cm³/mol. The molecular weight excluding hydrogens is 472 g/mol. The number of allylic oxidation sites excluding steroid dienone is 1. The summed E-state index contributed by atoms with van der Waals surface area (Å²) in [5, 5.41) is 65.1. The summed E-state index contributed by atoms with van der Waals surface area (Å²) in [5.74, 6) is -1.24. The van der Waals surface area contributed by atoms with Crippen molar-refractivity contribution in [3.63, 3.8) is 0 Å². The minimum Gasteiger partial charge on any atom is -0.481 e. The molecule has 7 heteroatoms. The second kappa shape index (κ2) is 8.26. The van der Waals surface area contributed by atoms with Gasteiger partial charge >= 0.3 is 5.97 Å². The molecule has 0 aromatic heterocycles. The summed E-state index contributed by atoms with van der Waals surface area (Å²) in [4.78, 5) is 12.8. The van der Waals surface area contributed by atoms with E-state index in [1.807, 2.05) is 13.8 Å². The van der Waals surface area contributed by atoms with Crippen LogP contribution in [0.5, 0.6) is 0 Å². The molecule has 4 fully saturated rings. The van der Waals surface area contributed by atoms with Crippen LogP contribution in [-0.4, -0.2) is 68.1 Å². The topological polar surface area (TPSA) is 138 Å². The Hall–Kier alpha value is -0.990. The van der Waals surface area contributed by atoms with Crippen LogP contribution in [-0.2, 0) is 4.79 Å². The summed E-state index contributed by atoms with van der Waals surface area (Å²) in [5.41, 5.74) is -2.32. The van der Waals surface area contributed by atoms with Crippen molar-refractivity contribution in [2.75, 3.05) is 13.2 Å². The van der Waals surface area contributed by atoms with E-state index in [4.69, 9.17) is 0 Å². The average molecular weight is 521 g/mol. The van der Waals surface area contributed by atoms with Crippen LogP contribution >= 0.6 is 0 Å². The molecule has 0 amide bonds. The second-order valence-corrected chi connectivity index (χ2v) is 14.9. The lowest BCUT2D eigenvalue weighted by molar-refractivity contribution is -0.258. The lowest BCUT2D eigenvalue weighted by Gasteiger charge is -2.72. The molecule has 5 aliphatic rings. The number of hydrogen-bond donors (Lipinski definition) is 6. The molecule has 0 heterocycles. The summed E-state index contributed by atoms with van der Waals surface area (Å²) >= 11 is 0. The second-order valence-electron chi connectivity index (χ2n) is 14.9. The molecule has 0 aromatic carbocycles. The zero-order valence-electron chi connectivity index (χ0n) is 23.2. The number of carboxylic acid groups (broad SMARTS) is 1. The van der Waals surface area contributed by atoms with Crippen LogP contribution in [0.4, 0.5) is 0 Å². The summed E-state index contributed by atoms with van der Waals surface area (Å²) in [6.45, 7) is 10.1. The SMILES string of the molecule is CC1(C)CC[C@]2(C(=O)O)CC[C@]3(C)C(=CC[C@H]4[C@@]5(C)C[C@@H](O)[C@H](O)C(CO)(CO)[C@H]5CC[C@]43C)[C@H]2[C@@H]1O. The molecule has 0 unspecified atom stereocenters. The highest BCUT2D eigenvalue weighted by molar-refractivity contribution is 5.77. The van der Waals surface area contributed by atoms with Gasteiger partial charge in [0.05, 0.1) is 36.9 Å². The van der Waals surface area contributed by atoms with Gasteiger partial charge in [-0.1, -0.05) is 46.3 Å². The lowest BCUT2D eigenvalue weighted by Crippen LogP contribution is -2.70. The van der Waals surface area contributed by atoms with Crippen LogP contribution in [0.1, 0.15) is 86.0 Å². The van der Waals surface area contributed by atoms with E-state index < -0.39 is 46.4 Å². The highest BCUT2D eigenvalue weighted by Gasteiger charge is 2.72.